The summed E-state index contributed by atoms with van der Waals surface area (Å²) in [6, 6.07) is 19.2. The molecule has 2 rings (SSSR count). The van der Waals surface area contributed by atoms with Crippen molar-refractivity contribution in [2.45, 2.75) is 18.8 Å². The number of hydrogen-bond acceptors (Lipinski definition) is 2. The number of amidine groups is 1. The van der Waals surface area contributed by atoms with E-state index < -0.39 is 5.41 Å². The zero-order valence-corrected chi connectivity index (χ0v) is 14.8. The number of rotatable bonds is 6. The Morgan fingerprint density at radius 1 is 0.957 bits per heavy atom. The fourth-order valence-corrected chi connectivity index (χ4v) is 2.71. The number of halogens is 1. The number of aliphatic imine (C=N–C) groups is 1. The van der Waals surface area contributed by atoms with Crippen LogP contribution in [-0.2, 0) is 10.2 Å². The van der Waals surface area contributed by atoms with E-state index in [9.17, 15) is 4.79 Å². The maximum Gasteiger partial charge on any atom is 0.232 e. The number of carbonyl (C=O) groups is 1. The second-order valence-electron chi connectivity index (χ2n) is 5.27. The summed E-state index contributed by atoms with van der Waals surface area (Å²) in [5.74, 6) is 0.120. The van der Waals surface area contributed by atoms with Gasteiger partial charge in [-0.15, -0.1) is 17.0 Å². The molecule has 0 heterocycles. The zero-order valence-electron chi connectivity index (χ0n) is 13.1. The molecule has 0 aliphatic carbocycles. The molecule has 5 heteroatoms. The molecule has 0 fully saturated rings. The summed E-state index contributed by atoms with van der Waals surface area (Å²) >= 11 is 0. The van der Waals surface area contributed by atoms with Crippen LogP contribution in [0.2, 0.25) is 0 Å². The van der Waals surface area contributed by atoms with Crippen molar-refractivity contribution in [3.8, 4) is 0 Å². The minimum absolute atomic E-state index is 0. The summed E-state index contributed by atoms with van der Waals surface area (Å²) in [5, 5.41) is 0. The van der Waals surface area contributed by atoms with Crippen molar-refractivity contribution in [1.82, 2.24) is 0 Å². The number of nitrogens with two attached hydrogens (primary N) is 2. The number of amides is 1. The quantitative estimate of drug-likeness (QED) is 0.601. The Morgan fingerprint density at radius 2 is 1.39 bits per heavy atom. The second-order valence-corrected chi connectivity index (χ2v) is 5.27. The Kier molecular flexibility index (Phi) is 6.97. The Hall–Kier alpha value is -2.14. The molecule has 4 N–H and O–H groups in total. The lowest BCUT2D eigenvalue weighted by molar-refractivity contribution is -0.122. The first kappa shape index (κ1) is 18.9. The largest absolute Gasteiger partial charge is 0.388 e. The molecule has 0 saturated heterocycles. The molecule has 4 nitrogen and oxygen atoms in total. The molecular formula is C18H22BrN3O. The number of primary amides is 1. The Bertz CT molecular complexity index is 613. The molecule has 0 spiro atoms. The lowest BCUT2D eigenvalue weighted by Gasteiger charge is -2.31. The van der Waals surface area contributed by atoms with Gasteiger partial charge in [0.15, 0.2) is 0 Å². The van der Waals surface area contributed by atoms with Gasteiger partial charge in [-0.1, -0.05) is 60.7 Å². The first-order valence-corrected chi connectivity index (χ1v) is 7.25. The van der Waals surface area contributed by atoms with Gasteiger partial charge < -0.3 is 11.5 Å². The van der Waals surface area contributed by atoms with Crippen molar-refractivity contribution < 1.29 is 4.79 Å². The highest BCUT2D eigenvalue weighted by molar-refractivity contribution is 8.93. The monoisotopic (exact) mass is 375 g/mol. The van der Waals surface area contributed by atoms with Gasteiger partial charge >= 0.3 is 0 Å². The van der Waals surface area contributed by atoms with Crippen molar-refractivity contribution in [3.05, 3.63) is 71.8 Å². The average Bonchev–Trinajstić information content (AvgIpc) is 2.53. The van der Waals surface area contributed by atoms with Gasteiger partial charge in [-0.05, 0) is 24.5 Å². The van der Waals surface area contributed by atoms with E-state index in [0.29, 0.717) is 18.8 Å². The van der Waals surface area contributed by atoms with E-state index in [2.05, 4.69) is 4.99 Å². The van der Waals surface area contributed by atoms with Gasteiger partial charge in [0.1, 0.15) is 5.41 Å². The highest BCUT2D eigenvalue weighted by Crippen LogP contribution is 2.35. The maximum atomic E-state index is 12.4. The van der Waals surface area contributed by atoms with Gasteiger partial charge in [-0.25, -0.2) is 0 Å². The van der Waals surface area contributed by atoms with Gasteiger partial charge in [0.05, 0.1) is 5.84 Å². The van der Waals surface area contributed by atoms with Crippen LogP contribution in [0.1, 0.15) is 24.5 Å². The third-order valence-corrected chi connectivity index (χ3v) is 3.80. The molecule has 0 atom stereocenters. The number of benzene rings is 2. The predicted molar refractivity (Wildman–Crippen MR) is 100.0 cm³/mol. The Labute approximate surface area is 147 Å². The molecule has 0 unspecified atom stereocenters. The molecule has 0 aliphatic rings. The highest BCUT2D eigenvalue weighted by atomic mass is 79.9. The summed E-state index contributed by atoms with van der Waals surface area (Å²) < 4.78 is 0. The lowest BCUT2D eigenvalue weighted by Crippen LogP contribution is -2.43. The van der Waals surface area contributed by atoms with Gasteiger partial charge in [0, 0.05) is 6.54 Å². The molecule has 0 bridgehead atoms. The number of hydrogen-bond donors (Lipinski definition) is 2. The fourth-order valence-electron chi connectivity index (χ4n) is 2.71. The molecule has 1 amide bonds. The summed E-state index contributed by atoms with van der Waals surface area (Å²) in [7, 11) is 0. The normalized spacial score (nSPS) is 11.6. The Balaban J connectivity index is 0.00000264. The van der Waals surface area contributed by atoms with Crippen LogP contribution in [0.5, 0.6) is 0 Å². The molecule has 0 saturated carbocycles. The third-order valence-electron chi connectivity index (χ3n) is 3.80. The predicted octanol–water partition coefficient (Wildman–Crippen LogP) is 2.80. The lowest BCUT2D eigenvalue weighted by atomic mass is 9.71. The molecule has 0 radical (unpaired) electrons. The average molecular weight is 376 g/mol. The van der Waals surface area contributed by atoms with Crippen LogP contribution in [0, 0.1) is 0 Å². The van der Waals surface area contributed by atoms with Crippen molar-refractivity contribution in [2.75, 3.05) is 6.54 Å². The van der Waals surface area contributed by atoms with Gasteiger partial charge in [0.2, 0.25) is 5.91 Å². The smallest absolute Gasteiger partial charge is 0.232 e. The minimum atomic E-state index is -0.901. The van der Waals surface area contributed by atoms with Crippen LogP contribution in [-0.4, -0.2) is 18.3 Å². The number of carbonyl (C=O) groups excluding carboxylic acids is 1. The molecular weight excluding hydrogens is 354 g/mol. The van der Waals surface area contributed by atoms with E-state index >= 15 is 0 Å². The summed E-state index contributed by atoms with van der Waals surface area (Å²) in [6.07, 6.45) is 0.477. The fraction of sp³-hybridized carbons (Fsp3) is 0.222. The van der Waals surface area contributed by atoms with Crippen LogP contribution in [0.3, 0.4) is 0 Å². The standard InChI is InChI=1S/C18H21N3O.BrH/c1-14(19)21-13-12-18(17(20)22,15-8-4-2-5-9-15)16-10-6-3-7-11-16;/h2-11H,12-13H2,1H3,(H2,19,21)(H2,20,22);1H. The van der Waals surface area contributed by atoms with Crippen molar-refractivity contribution in [2.24, 2.45) is 16.5 Å². The number of nitrogens with zero attached hydrogens (tertiary/aromatic N) is 1. The van der Waals surface area contributed by atoms with Crippen molar-refractivity contribution >= 4 is 28.7 Å². The van der Waals surface area contributed by atoms with E-state index in [4.69, 9.17) is 11.5 Å². The molecule has 23 heavy (non-hydrogen) atoms. The molecule has 0 aliphatic heterocycles. The van der Waals surface area contributed by atoms with Crippen molar-refractivity contribution in [1.29, 1.82) is 0 Å². The molecule has 122 valence electrons. The molecule has 0 aromatic heterocycles. The summed E-state index contributed by atoms with van der Waals surface area (Å²) in [6.45, 7) is 2.17. The SMILES string of the molecule is Br.CC(N)=NCCC(C(N)=O)(c1ccccc1)c1ccccc1. The van der Waals surface area contributed by atoms with E-state index in [1.165, 1.54) is 0 Å². The first-order valence-electron chi connectivity index (χ1n) is 7.25. The van der Waals surface area contributed by atoms with E-state index in [0.717, 1.165) is 11.1 Å². The third kappa shape index (κ3) is 4.20. The molecule has 2 aromatic rings. The van der Waals surface area contributed by atoms with Gasteiger partial charge in [0.25, 0.3) is 0 Å². The summed E-state index contributed by atoms with van der Waals surface area (Å²) in [4.78, 5) is 16.7. The van der Waals surface area contributed by atoms with E-state index in [1.54, 1.807) is 6.92 Å². The topological polar surface area (TPSA) is 81.5 Å². The zero-order chi connectivity index (χ0) is 16.0. The summed E-state index contributed by atoms with van der Waals surface area (Å²) in [5.41, 5.74) is 12.3. The van der Waals surface area contributed by atoms with Crippen LogP contribution in [0.25, 0.3) is 0 Å². The van der Waals surface area contributed by atoms with Crippen LogP contribution < -0.4 is 11.5 Å². The van der Waals surface area contributed by atoms with E-state index in [-0.39, 0.29) is 22.9 Å². The van der Waals surface area contributed by atoms with Crippen molar-refractivity contribution in [3.63, 3.8) is 0 Å². The first-order chi connectivity index (χ1) is 10.6. The Morgan fingerprint density at radius 3 is 1.74 bits per heavy atom. The second kappa shape index (κ2) is 8.48. The maximum absolute atomic E-state index is 12.4. The van der Waals surface area contributed by atoms with E-state index in [1.807, 2.05) is 60.7 Å². The van der Waals surface area contributed by atoms with Gasteiger partial charge in [-0.2, -0.15) is 0 Å². The van der Waals surface area contributed by atoms with Gasteiger partial charge in [-0.3, -0.25) is 9.79 Å². The van der Waals surface area contributed by atoms with Crippen LogP contribution in [0.15, 0.2) is 65.7 Å². The minimum Gasteiger partial charge on any atom is -0.388 e. The van der Waals surface area contributed by atoms with Crippen LogP contribution in [0.4, 0.5) is 0 Å². The highest BCUT2D eigenvalue weighted by Gasteiger charge is 2.39. The molecule has 2 aromatic carbocycles. The van der Waals surface area contributed by atoms with Crippen LogP contribution >= 0.6 is 17.0 Å².